The van der Waals surface area contributed by atoms with Gasteiger partial charge in [0.2, 0.25) is 0 Å². The van der Waals surface area contributed by atoms with E-state index in [9.17, 15) is 9.36 Å². The van der Waals surface area contributed by atoms with Crippen LogP contribution in [0.1, 0.15) is 46.5 Å². The fraction of sp³-hybridized carbons (Fsp3) is 0.909. The van der Waals surface area contributed by atoms with Crippen molar-refractivity contribution in [2.24, 2.45) is 5.41 Å². The third-order valence-electron chi connectivity index (χ3n) is 2.88. The highest BCUT2D eigenvalue weighted by molar-refractivity contribution is 7.23. The van der Waals surface area contributed by atoms with E-state index in [2.05, 4.69) is 6.92 Å². The van der Waals surface area contributed by atoms with Crippen LogP contribution in [-0.4, -0.2) is 18.7 Å². The Hall–Kier alpha value is -0.430. The van der Waals surface area contributed by atoms with Crippen molar-refractivity contribution in [2.75, 3.05) is 12.8 Å². The molecule has 0 N–H and O–H groups in total. The second kappa shape index (κ2) is 7.81. The number of rotatable bonds is 8. The van der Waals surface area contributed by atoms with Gasteiger partial charge in [-0.2, -0.15) is 0 Å². The van der Waals surface area contributed by atoms with Crippen molar-refractivity contribution in [1.82, 2.24) is 0 Å². The Morgan fingerprint density at radius 1 is 1.27 bits per heavy atom. The second-order valence-corrected chi connectivity index (χ2v) is 4.34. The van der Waals surface area contributed by atoms with Gasteiger partial charge < -0.3 is 4.74 Å². The summed E-state index contributed by atoms with van der Waals surface area (Å²) in [7, 11) is 0.0223. The van der Waals surface area contributed by atoms with Gasteiger partial charge in [-0.05, 0) is 19.3 Å². The molecular weight excluding hydrogens is 211 g/mol. The first-order valence-electron chi connectivity index (χ1n) is 5.63. The molecule has 88 valence electrons. The van der Waals surface area contributed by atoms with Crippen molar-refractivity contribution in [3.8, 4) is 0 Å². The first-order chi connectivity index (χ1) is 7.16. The third kappa shape index (κ3) is 4.29. The summed E-state index contributed by atoms with van der Waals surface area (Å²) in [6, 6.07) is 0. The lowest BCUT2D eigenvalue weighted by Crippen LogP contribution is -2.33. The van der Waals surface area contributed by atoms with Gasteiger partial charge in [-0.25, -0.2) is 0 Å². The van der Waals surface area contributed by atoms with E-state index < -0.39 is 5.41 Å². The first kappa shape index (κ1) is 14.6. The number of carbonyl (C=O) groups is 1. The number of hydrogen-bond acceptors (Lipinski definition) is 3. The second-order valence-electron chi connectivity index (χ2n) is 3.76. The van der Waals surface area contributed by atoms with Crippen LogP contribution in [0.3, 0.4) is 0 Å². The maximum Gasteiger partial charge on any atom is 0.312 e. The topological polar surface area (TPSA) is 43.4 Å². The molecule has 0 radical (unpaired) electrons. The summed E-state index contributed by atoms with van der Waals surface area (Å²) in [6.45, 7) is 6.41. The van der Waals surface area contributed by atoms with E-state index >= 15 is 0 Å². The highest BCUT2D eigenvalue weighted by Crippen LogP contribution is 2.31. The summed E-state index contributed by atoms with van der Waals surface area (Å²) in [6.07, 6.45) is 3.64. The Balaban J connectivity index is 4.33. The summed E-state index contributed by atoms with van der Waals surface area (Å²) < 4.78 is 15.9. The van der Waals surface area contributed by atoms with Gasteiger partial charge in [0.1, 0.15) is 0 Å². The fourth-order valence-corrected chi connectivity index (χ4v) is 2.24. The van der Waals surface area contributed by atoms with Crippen molar-refractivity contribution in [3.63, 3.8) is 0 Å². The molecule has 0 aromatic carbocycles. The van der Waals surface area contributed by atoms with Crippen molar-refractivity contribution >= 4 is 14.4 Å². The number of ether oxygens (including phenoxy) is 1. The van der Waals surface area contributed by atoms with Crippen LogP contribution >= 0.6 is 8.46 Å². The standard InChI is InChI=1S/C11H21O3P/c1-4-7-8-14-10(12)11(5-2,6-3)9-15-13/h4-9H2,1-3H3. The molecule has 0 heterocycles. The van der Waals surface area contributed by atoms with E-state index in [1.54, 1.807) is 0 Å². The average molecular weight is 232 g/mol. The molecule has 3 nitrogen and oxygen atoms in total. The van der Waals surface area contributed by atoms with E-state index in [-0.39, 0.29) is 14.4 Å². The minimum atomic E-state index is -0.545. The van der Waals surface area contributed by atoms with Crippen LogP contribution in [0.4, 0.5) is 0 Å². The van der Waals surface area contributed by atoms with Gasteiger partial charge >= 0.3 is 5.97 Å². The first-order valence-corrected chi connectivity index (χ1v) is 6.63. The molecule has 0 fully saturated rings. The van der Waals surface area contributed by atoms with Gasteiger partial charge in [-0.1, -0.05) is 27.2 Å². The predicted octanol–water partition coefficient (Wildman–Crippen LogP) is 3.43. The fourth-order valence-electron chi connectivity index (χ4n) is 1.41. The predicted molar refractivity (Wildman–Crippen MR) is 61.4 cm³/mol. The molecule has 0 amide bonds. The molecule has 0 rings (SSSR count). The van der Waals surface area contributed by atoms with Crippen LogP contribution in [0.5, 0.6) is 0 Å². The minimum absolute atomic E-state index is 0.0223. The quantitative estimate of drug-likeness (QED) is 0.366. The zero-order valence-corrected chi connectivity index (χ0v) is 10.8. The summed E-state index contributed by atoms with van der Waals surface area (Å²) >= 11 is 0. The lowest BCUT2D eigenvalue weighted by Gasteiger charge is -2.26. The molecule has 0 aliphatic rings. The van der Waals surface area contributed by atoms with Crippen molar-refractivity contribution in [3.05, 3.63) is 0 Å². The Bertz CT molecular complexity index is 200. The summed E-state index contributed by atoms with van der Waals surface area (Å²) in [5.41, 5.74) is -0.545. The Morgan fingerprint density at radius 2 is 1.87 bits per heavy atom. The molecule has 0 saturated carbocycles. The van der Waals surface area contributed by atoms with E-state index in [0.29, 0.717) is 25.6 Å². The summed E-state index contributed by atoms with van der Waals surface area (Å²) in [4.78, 5) is 11.8. The van der Waals surface area contributed by atoms with E-state index in [1.165, 1.54) is 0 Å². The summed E-state index contributed by atoms with van der Waals surface area (Å²) in [5.74, 6) is -0.190. The highest BCUT2D eigenvalue weighted by Gasteiger charge is 2.36. The van der Waals surface area contributed by atoms with Crippen molar-refractivity contribution < 1.29 is 14.1 Å². The molecule has 0 aromatic heterocycles. The van der Waals surface area contributed by atoms with Gasteiger partial charge in [0, 0.05) is 6.16 Å². The van der Waals surface area contributed by atoms with Crippen LogP contribution < -0.4 is 0 Å². The Kier molecular flexibility index (Phi) is 7.59. The monoisotopic (exact) mass is 232 g/mol. The molecule has 0 aliphatic heterocycles. The van der Waals surface area contributed by atoms with Gasteiger partial charge in [0.05, 0.1) is 12.0 Å². The van der Waals surface area contributed by atoms with Crippen molar-refractivity contribution in [1.29, 1.82) is 0 Å². The molecule has 0 saturated heterocycles. The number of hydrogen-bond donors (Lipinski definition) is 0. The van der Waals surface area contributed by atoms with Gasteiger partial charge in [0.15, 0.2) is 8.46 Å². The number of esters is 1. The SMILES string of the molecule is CCCCOC(=O)C(CC)(CC)CP=O. The number of unbranched alkanes of at least 4 members (excludes halogenated alkanes) is 1. The largest absolute Gasteiger partial charge is 0.465 e. The van der Waals surface area contributed by atoms with Crippen LogP contribution in [0.2, 0.25) is 0 Å². The third-order valence-corrected chi connectivity index (χ3v) is 3.62. The lowest BCUT2D eigenvalue weighted by molar-refractivity contribution is -0.155. The van der Waals surface area contributed by atoms with Crippen LogP contribution in [0.15, 0.2) is 0 Å². The summed E-state index contributed by atoms with van der Waals surface area (Å²) in [5, 5.41) is 0. The molecular formula is C11H21O3P. The van der Waals surface area contributed by atoms with E-state index in [0.717, 1.165) is 12.8 Å². The molecule has 0 bridgehead atoms. The molecule has 0 spiro atoms. The van der Waals surface area contributed by atoms with Crippen LogP contribution in [0, 0.1) is 5.41 Å². The minimum Gasteiger partial charge on any atom is -0.465 e. The maximum absolute atomic E-state index is 11.8. The zero-order valence-electron chi connectivity index (χ0n) is 9.91. The lowest BCUT2D eigenvalue weighted by atomic mass is 9.84. The van der Waals surface area contributed by atoms with Gasteiger partial charge in [-0.3, -0.25) is 9.36 Å². The Labute approximate surface area is 93.8 Å². The Morgan fingerprint density at radius 3 is 2.27 bits per heavy atom. The van der Waals surface area contributed by atoms with E-state index in [4.69, 9.17) is 4.74 Å². The highest BCUT2D eigenvalue weighted by atomic mass is 31.1. The average Bonchev–Trinajstić information content (AvgIpc) is 2.26. The molecule has 0 unspecified atom stereocenters. The zero-order chi connectivity index (χ0) is 11.7. The molecule has 0 aliphatic carbocycles. The maximum atomic E-state index is 11.8. The molecule has 0 aromatic rings. The normalized spacial score (nSPS) is 11.7. The molecule has 4 heteroatoms. The van der Waals surface area contributed by atoms with Gasteiger partial charge in [-0.15, -0.1) is 0 Å². The molecule has 0 atom stereocenters. The van der Waals surface area contributed by atoms with E-state index in [1.807, 2.05) is 13.8 Å². The smallest absolute Gasteiger partial charge is 0.312 e. The van der Waals surface area contributed by atoms with Crippen LogP contribution in [0.25, 0.3) is 0 Å². The van der Waals surface area contributed by atoms with Gasteiger partial charge in [0.25, 0.3) is 0 Å². The number of carbonyl (C=O) groups excluding carboxylic acids is 1. The van der Waals surface area contributed by atoms with Crippen molar-refractivity contribution in [2.45, 2.75) is 46.5 Å². The molecule has 15 heavy (non-hydrogen) atoms. The van der Waals surface area contributed by atoms with Crippen LogP contribution in [-0.2, 0) is 14.1 Å².